The molecular weight excluding hydrogens is 334 g/mol. The Kier molecular flexibility index (Phi) is 5.04. The van der Waals surface area contributed by atoms with Crippen LogP contribution in [0.2, 0.25) is 0 Å². The number of benzene rings is 1. The van der Waals surface area contributed by atoms with Gasteiger partial charge in [0.15, 0.2) is 0 Å². The minimum Gasteiger partial charge on any atom is -0.481 e. The molecule has 114 valence electrons. The number of carbonyl (C=O) groups excluding carboxylic acids is 1. The first-order valence-electron chi connectivity index (χ1n) is 7.18. The first-order valence-corrected chi connectivity index (χ1v) is 7.98. The summed E-state index contributed by atoms with van der Waals surface area (Å²) in [6.07, 6.45) is 2.90. The third-order valence-electron chi connectivity index (χ3n) is 4.14. The normalized spacial score (nSPS) is 17.6. The molecule has 1 unspecified atom stereocenters. The number of aliphatic carboxylic acids is 1. The maximum absolute atomic E-state index is 12.2. The van der Waals surface area contributed by atoms with Crippen LogP contribution >= 0.6 is 15.9 Å². The van der Waals surface area contributed by atoms with Gasteiger partial charge in [-0.25, -0.2) is 0 Å². The molecule has 1 aliphatic carbocycles. The van der Waals surface area contributed by atoms with Crippen LogP contribution in [-0.4, -0.2) is 22.5 Å². The molecule has 0 radical (unpaired) electrons. The Morgan fingerprint density at radius 2 is 1.95 bits per heavy atom. The van der Waals surface area contributed by atoms with Crippen LogP contribution < -0.4 is 5.32 Å². The number of rotatable bonds is 6. The molecule has 0 saturated heterocycles. The van der Waals surface area contributed by atoms with Gasteiger partial charge in [-0.15, -0.1) is 0 Å². The molecule has 1 atom stereocenters. The standard InChI is InChI=1S/C16H20BrNO3/c1-11(12-3-5-13(17)6-4-12)9-14(19)18-16(7-2-8-16)10-15(20)21/h3-6,11H,2,7-10H2,1H3,(H,18,19)(H,20,21). The van der Waals surface area contributed by atoms with Crippen molar-refractivity contribution in [2.24, 2.45) is 0 Å². The van der Waals surface area contributed by atoms with Gasteiger partial charge in [0.2, 0.25) is 5.91 Å². The lowest BCUT2D eigenvalue weighted by Gasteiger charge is -2.41. The summed E-state index contributed by atoms with van der Waals surface area (Å²) >= 11 is 3.39. The molecule has 1 aromatic carbocycles. The Morgan fingerprint density at radius 3 is 2.43 bits per heavy atom. The van der Waals surface area contributed by atoms with Crippen LogP contribution in [0.3, 0.4) is 0 Å². The molecule has 21 heavy (non-hydrogen) atoms. The number of carboxylic acids is 1. The molecule has 1 aromatic rings. The van der Waals surface area contributed by atoms with E-state index < -0.39 is 11.5 Å². The molecule has 1 saturated carbocycles. The van der Waals surface area contributed by atoms with Gasteiger partial charge in [-0.1, -0.05) is 35.0 Å². The zero-order chi connectivity index (χ0) is 15.5. The van der Waals surface area contributed by atoms with Crippen LogP contribution in [0.15, 0.2) is 28.7 Å². The van der Waals surface area contributed by atoms with E-state index in [9.17, 15) is 9.59 Å². The summed E-state index contributed by atoms with van der Waals surface area (Å²) in [5, 5.41) is 11.9. The number of hydrogen-bond acceptors (Lipinski definition) is 2. The topological polar surface area (TPSA) is 66.4 Å². The number of hydrogen-bond donors (Lipinski definition) is 2. The summed E-state index contributed by atoms with van der Waals surface area (Å²) in [5.74, 6) is -0.803. The maximum atomic E-state index is 12.2. The highest BCUT2D eigenvalue weighted by Gasteiger charge is 2.40. The van der Waals surface area contributed by atoms with Gasteiger partial charge in [0.05, 0.1) is 12.0 Å². The van der Waals surface area contributed by atoms with E-state index in [0.29, 0.717) is 6.42 Å². The van der Waals surface area contributed by atoms with Crippen molar-refractivity contribution in [3.05, 3.63) is 34.3 Å². The van der Waals surface area contributed by atoms with E-state index in [1.165, 1.54) is 0 Å². The number of halogens is 1. The van der Waals surface area contributed by atoms with Crippen molar-refractivity contribution in [1.29, 1.82) is 0 Å². The van der Waals surface area contributed by atoms with Gasteiger partial charge in [0.1, 0.15) is 0 Å². The quantitative estimate of drug-likeness (QED) is 0.822. The average molecular weight is 354 g/mol. The summed E-state index contributed by atoms with van der Waals surface area (Å²) in [6.45, 7) is 2.01. The van der Waals surface area contributed by atoms with Gasteiger partial charge in [-0.2, -0.15) is 0 Å². The number of nitrogens with one attached hydrogen (secondary N) is 1. The Labute approximate surface area is 133 Å². The molecule has 0 spiro atoms. The molecule has 0 aliphatic heterocycles. The van der Waals surface area contributed by atoms with Gasteiger partial charge in [-0.05, 0) is 42.9 Å². The molecular formula is C16H20BrNO3. The maximum Gasteiger partial charge on any atom is 0.305 e. The first-order chi connectivity index (χ1) is 9.90. The van der Waals surface area contributed by atoms with E-state index in [1.807, 2.05) is 31.2 Å². The molecule has 1 fully saturated rings. The fourth-order valence-corrected chi connectivity index (χ4v) is 3.04. The number of amides is 1. The molecule has 1 amide bonds. The van der Waals surface area contributed by atoms with E-state index in [4.69, 9.17) is 5.11 Å². The SMILES string of the molecule is CC(CC(=O)NC1(CC(=O)O)CCC1)c1ccc(Br)cc1. The van der Waals surface area contributed by atoms with Crippen LogP contribution in [-0.2, 0) is 9.59 Å². The monoisotopic (exact) mass is 353 g/mol. The lowest BCUT2D eigenvalue weighted by molar-refractivity contribution is -0.140. The van der Waals surface area contributed by atoms with Crippen LogP contribution in [0.25, 0.3) is 0 Å². The van der Waals surface area contributed by atoms with Crippen molar-refractivity contribution in [3.8, 4) is 0 Å². The second-order valence-corrected chi connectivity index (χ2v) is 6.82. The van der Waals surface area contributed by atoms with Gasteiger partial charge in [0.25, 0.3) is 0 Å². The van der Waals surface area contributed by atoms with Crippen molar-refractivity contribution in [2.45, 2.75) is 50.5 Å². The smallest absolute Gasteiger partial charge is 0.305 e. The van der Waals surface area contributed by atoms with Gasteiger partial charge >= 0.3 is 5.97 Å². The summed E-state index contributed by atoms with van der Waals surface area (Å²) in [4.78, 5) is 23.1. The molecule has 0 aromatic heterocycles. The minimum absolute atomic E-state index is 0.0193. The third-order valence-corrected chi connectivity index (χ3v) is 4.66. The Bertz CT molecular complexity index is 523. The van der Waals surface area contributed by atoms with Crippen LogP contribution in [0.4, 0.5) is 0 Å². The van der Waals surface area contributed by atoms with Crippen molar-refractivity contribution in [3.63, 3.8) is 0 Å². The molecule has 1 aliphatic rings. The van der Waals surface area contributed by atoms with Crippen LogP contribution in [0.1, 0.15) is 50.5 Å². The largest absolute Gasteiger partial charge is 0.481 e. The zero-order valence-corrected chi connectivity index (χ0v) is 13.6. The van der Waals surface area contributed by atoms with E-state index >= 15 is 0 Å². The lowest BCUT2D eigenvalue weighted by Crippen LogP contribution is -2.54. The van der Waals surface area contributed by atoms with Crippen molar-refractivity contribution >= 4 is 27.8 Å². The van der Waals surface area contributed by atoms with E-state index in [2.05, 4.69) is 21.2 Å². The summed E-state index contributed by atoms with van der Waals surface area (Å²) in [7, 11) is 0. The first kappa shape index (κ1) is 16.0. The molecule has 4 nitrogen and oxygen atoms in total. The average Bonchev–Trinajstić information content (AvgIpc) is 2.36. The molecule has 0 heterocycles. The highest BCUT2D eigenvalue weighted by atomic mass is 79.9. The highest BCUT2D eigenvalue weighted by Crippen LogP contribution is 2.35. The Morgan fingerprint density at radius 1 is 1.33 bits per heavy atom. The zero-order valence-electron chi connectivity index (χ0n) is 12.1. The lowest BCUT2D eigenvalue weighted by atomic mass is 9.74. The second kappa shape index (κ2) is 6.60. The Hall–Kier alpha value is -1.36. The van der Waals surface area contributed by atoms with Crippen LogP contribution in [0.5, 0.6) is 0 Å². The van der Waals surface area contributed by atoms with Crippen molar-refractivity contribution < 1.29 is 14.7 Å². The third kappa shape index (κ3) is 4.30. The molecule has 2 rings (SSSR count). The fourth-order valence-electron chi connectivity index (χ4n) is 2.77. The van der Waals surface area contributed by atoms with Gasteiger partial charge in [-0.3, -0.25) is 9.59 Å². The Balaban J connectivity index is 1.91. The second-order valence-electron chi connectivity index (χ2n) is 5.91. The number of carboxylic acid groups (broad SMARTS) is 1. The summed E-state index contributed by atoms with van der Waals surface area (Å²) in [6, 6.07) is 7.92. The minimum atomic E-state index is -0.851. The molecule has 5 heteroatoms. The fraction of sp³-hybridized carbons (Fsp3) is 0.500. The van der Waals surface area contributed by atoms with E-state index in [0.717, 1.165) is 29.3 Å². The van der Waals surface area contributed by atoms with E-state index in [1.54, 1.807) is 0 Å². The predicted molar refractivity (Wildman–Crippen MR) is 84.2 cm³/mol. The number of carbonyl (C=O) groups is 2. The van der Waals surface area contributed by atoms with Crippen molar-refractivity contribution in [2.75, 3.05) is 0 Å². The molecule has 2 N–H and O–H groups in total. The highest BCUT2D eigenvalue weighted by molar-refractivity contribution is 9.10. The molecule has 0 bridgehead atoms. The summed E-state index contributed by atoms with van der Waals surface area (Å²) in [5.41, 5.74) is 0.594. The van der Waals surface area contributed by atoms with Gasteiger partial charge in [0, 0.05) is 10.9 Å². The van der Waals surface area contributed by atoms with Crippen molar-refractivity contribution in [1.82, 2.24) is 5.32 Å². The summed E-state index contributed by atoms with van der Waals surface area (Å²) < 4.78 is 1.01. The van der Waals surface area contributed by atoms with Crippen LogP contribution in [0, 0.1) is 0 Å². The predicted octanol–water partition coefficient (Wildman–Crippen LogP) is 3.46. The van der Waals surface area contributed by atoms with E-state index in [-0.39, 0.29) is 18.2 Å². The van der Waals surface area contributed by atoms with Gasteiger partial charge < -0.3 is 10.4 Å².